The SMILES string of the molecule is Cc1ccc(Br)c(Nc2c(N)c(C)nn2C(C)C)c1. The van der Waals surface area contributed by atoms with Crippen LogP contribution in [0.1, 0.15) is 31.1 Å². The fraction of sp³-hybridized carbons (Fsp3) is 0.357. The Morgan fingerprint density at radius 1 is 1.32 bits per heavy atom. The standard InChI is InChI=1S/C14H19BrN4/c1-8(2)19-14(13(16)10(4)18-19)17-12-7-9(3)5-6-11(12)15/h5-8,17H,16H2,1-4H3. The van der Waals surface area contributed by atoms with Gasteiger partial charge >= 0.3 is 0 Å². The summed E-state index contributed by atoms with van der Waals surface area (Å²) in [6.45, 7) is 8.15. The minimum Gasteiger partial charge on any atom is -0.394 e. The molecule has 2 rings (SSSR count). The van der Waals surface area contributed by atoms with E-state index in [0.717, 1.165) is 21.7 Å². The van der Waals surface area contributed by atoms with Crippen LogP contribution < -0.4 is 11.1 Å². The molecular weight excluding hydrogens is 304 g/mol. The molecule has 1 heterocycles. The normalized spacial score (nSPS) is 11.1. The molecule has 102 valence electrons. The number of aromatic nitrogens is 2. The van der Waals surface area contributed by atoms with Crippen molar-refractivity contribution in [3.63, 3.8) is 0 Å². The van der Waals surface area contributed by atoms with E-state index < -0.39 is 0 Å². The van der Waals surface area contributed by atoms with Crippen molar-refractivity contribution in [3.05, 3.63) is 33.9 Å². The molecule has 0 aliphatic carbocycles. The number of nitrogens with two attached hydrogens (primary N) is 1. The van der Waals surface area contributed by atoms with Crippen LogP contribution in [0.3, 0.4) is 0 Å². The molecule has 3 N–H and O–H groups in total. The number of nitrogens with one attached hydrogen (secondary N) is 1. The Labute approximate surface area is 122 Å². The third kappa shape index (κ3) is 2.76. The lowest BCUT2D eigenvalue weighted by Gasteiger charge is -2.14. The van der Waals surface area contributed by atoms with Gasteiger partial charge in [-0.05, 0) is 61.3 Å². The molecule has 19 heavy (non-hydrogen) atoms. The quantitative estimate of drug-likeness (QED) is 0.891. The van der Waals surface area contributed by atoms with Gasteiger partial charge in [-0.1, -0.05) is 6.07 Å². The van der Waals surface area contributed by atoms with E-state index in [1.807, 2.05) is 17.7 Å². The second-order valence-corrected chi connectivity index (χ2v) is 5.85. The van der Waals surface area contributed by atoms with Gasteiger partial charge in [-0.15, -0.1) is 0 Å². The van der Waals surface area contributed by atoms with Gasteiger partial charge in [-0.3, -0.25) is 0 Å². The average Bonchev–Trinajstić information content (AvgIpc) is 2.62. The van der Waals surface area contributed by atoms with Crippen molar-refractivity contribution in [2.45, 2.75) is 33.7 Å². The van der Waals surface area contributed by atoms with Crippen molar-refractivity contribution >= 4 is 33.1 Å². The summed E-state index contributed by atoms with van der Waals surface area (Å²) in [6, 6.07) is 6.42. The number of nitrogen functional groups attached to an aromatic ring is 1. The first-order valence-corrected chi connectivity index (χ1v) is 7.07. The van der Waals surface area contributed by atoms with Crippen molar-refractivity contribution in [1.29, 1.82) is 0 Å². The Bertz CT molecular complexity index is 602. The predicted octanol–water partition coefficient (Wildman–Crippen LogP) is 4.17. The van der Waals surface area contributed by atoms with E-state index in [2.05, 4.69) is 59.2 Å². The number of hydrogen-bond donors (Lipinski definition) is 2. The highest BCUT2D eigenvalue weighted by atomic mass is 79.9. The number of anilines is 3. The highest BCUT2D eigenvalue weighted by molar-refractivity contribution is 9.10. The van der Waals surface area contributed by atoms with Crippen LogP contribution in [-0.4, -0.2) is 9.78 Å². The van der Waals surface area contributed by atoms with E-state index in [9.17, 15) is 0 Å². The molecule has 0 aliphatic heterocycles. The number of benzene rings is 1. The summed E-state index contributed by atoms with van der Waals surface area (Å²) >= 11 is 3.55. The summed E-state index contributed by atoms with van der Waals surface area (Å²) in [5.41, 5.74) is 9.84. The van der Waals surface area contributed by atoms with Gasteiger partial charge in [0.1, 0.15) is 0 Å². The average molecular weight is 323 g/mol. The smallest absolute Gasteiger partial charge is 0.152 e. The fourth-order valence-electron chi connectivity index (χ4n) is 1.92. The van der Waals surface area contributed by atoms with Crippen molar-refractivity contribution in [2.75, 3.05) is 11.1 Å². The molecular formula is C14H19BrN4. The first-order chi connectivity index (χ1) is 8.90. The summed E-state index contributed by atoms with van der Waals surface area (Å²) in [7, 11) is 0. The molecule has 1 aromatic heterocycles. The molecule has 0 fully saturated rings. The number of hydrogen-bond acceptors (Lipinski definition) is 3. The van der Waals surface area contributed by atoms with Crippen LogP contribution in [0.5, 0.6) is 0 Å². The minimum atomic E-state index is 0.252. The number of aryl methyl sites for hydroxylation is 2. The molecule has 5 heteroatoms. The number of rotatable bonds is 3. The van der Waals surface area contributed by atoms with E-state index in [1.165, 1.54) is 5.56 Å². The fourth-order valence-corrected chi connectivity index (χ4v) is 2.27. The van der Waals surface area contributed by atoms with Crippen LogP contribution in [0, 0.1) is 13.8 Å². The zero-order valence-corrected chi connectivity index (χ0v) is 13.2. The molecule has 0 aliphatic rings. The maximum Gasteiger partial charge on any atom is 0.152 e. The molecule has 2 aromatic rings. The number of halogens is 1. The largest absolute Gasteiger partial charge is 0.394 e. The van der Waals surface area contributed by atoms with E-state index >= 15 is 0 Å². The Hall–Kier alpha value is -1.49. The van der Waals surface area contributed by atoms with Crippen molar-refractivity contribution in [1.82, 2.24) is 9.78 Å². The second kappa shape index (κ2) is 5.25. The Kier molecular flexibility index (Phi) is 3.85. The van der Waals surface area contributed by atoms with Crippen LogP contribution in [0.25, 0.3) is 0 Å². The van der Waals surface area contributed by atoms with Crippen LogP contribution in [0.4, 0.5) is 17.2 Å². The molecule has 4 nitrogen and oxygen atoms in total. The topological polar surface area (TPSA) is 55.9 Å². The lowest BCUT2D eigenvalue weighted by Crippen LogP contribution is -2.08. The highest BCUT2D eigenvalue weighted by Crippen LogP contribution is 2.32. The van der Waals surface area contributed by atoms with E-state index in [0.29, 0.717) is 5.69 Å². The van der Waals surface area contributed by atoms with E-state index in [1.54, 1.807) is 0 Å². The van der Waals surface area contributed by atoms with Gasteiger partial charge in [0, 0.05) is 10.5 Å². The lowest BCUT2D eigenvalue weighted by molar-refractivity contribution is 0.536. The zero-order valence-electron chi connectivity index (χ0n) is 11.7. The van der Waals surface area contributed by atoms with E-state index in [-0.39, 0.29) is 6.04 Å². The van der Waals surface area contributed by atoms with Crippen molar-refractivity contribution in [2.24, 2.45) is 0 Å². The molecule has 0 bridgehead atoms. The molecule has 0 atom stereocenters. The summed E-state index contributed by atoms with van der Waals surface area (Å²) in [5, 5.41) is 7.85. The zero-order chi connectivity index (χ0) is 14.2. The molecule has 0 spiro atoms. The van der Waals surface area contributed by atoms with Gasteiger partial charge in [-0.25, -0.2) is 4.68 Å². The van der Waals surface area contributed by atoms with E-state index in [4.69, 9.17) is 5.73 Å². The first kappa shape index (κ1) is 13.9. The monoisotopic (exact) mass is 322 g/mol. The third-order valence-electron chi connectivity index (χ3n) is 3.00. The van der Waals surface area contributed by atoms with Gasteiger partial charge in [0.2, 0.25) is 0 Å². The second-order valence-electron chi connectivity index (χ2n) is 4.99. The van der Waals surface area contributed by atoms with Gasteiger partial charge < -0.3 is 11.1 Å². The summed E-state index contributed by atoms with van der Waals surface area (Å²) in [6.07, 6.45) is 0. The predicted molar refractivity (Wildman–Crippen MR) is 83.9 cm³/mol. The summed E-state index contributed by atoms with van der Waals surface area (Å²) in [4.78, 5) is 0. The van der Waals surface area contributed by atoms with Crippen LogP contribution >= 0.6 is 15.9 Å². The lowest BCUT2D eigenvalue weighted by atomic mass is 10.2. The Morgan fingerprint density at radius 2 is 2.00 bits per heavy atom. The maximum atomic E-state index is 6.12. The van der Waals surface area contributed by atoms with Crippen LogP contribution in [-0.2, 0) is 0 Å². The van der Waals surface area contributed by atoms with Crippen molar-refractivity contribution in [3.8, 4) is 0 Å². The Morgan fingerprint density at radius 3 is 2.63 bits per heavy atom. The van der Waals surface area contributed by atoms with Crippen LogP contribution in [0.2, 0.25) is 0 Å². The molecule has 1 aromatic carbocycles. The molecule has 0 saturated carbocycles. The minimum absolute atomic E-state index is 0.252. The van der Waals surface area contributed by atoms with Gasteiger partial charge in [0.15, 0.2) is 5.82 Å². The third-order valence-corrected chi connectivity index (χ3v) is 3.69. The molecule has 0 amide bonds. The molecule has 0 unspecified atom stereocenters. The van der Waals surface area contributed by atoms with Gasteiger partial charge in [-0.2, -0.15) is 5.10 Å². The van der Waals surface area contributed by atoms with Gasteiger partial charge in [0.25, 0.3) is 0 Å². The maximum absolute atomic E-state index is 6.12. The number of nitrogens with zero attached hydrogens (tertiary/aromatic N) is 2. The van der Waals surface area contributed by atoms with Crippen molar-refractivity contribution < 1.29 is 0 Å². The molecule has 0 radical (unpaired) electrons. The highest BCUT2D eigenvalue weighted by Gasteiger charge is 2.15. The Balaban J connectivity index is 2.45. The molecule has 0 saturated heterocycles. The summed E-state index contributed by atoms with van der Waals surface area (Å²) < 4.78 is 2.92. The van der Waals surface area contributed by atoms with Crippen LogP contribution in [0.15, 0.2) is 22.7 Å². The van der Waals surface area contributed by atoms with Gasteiger partial charge in [0.05, 0.1) is 17.1 Å². The first-order valence-electron chi connectivity index (χ1n) is 6.28. The summed E-state index contributed by atoms with van der Waals surface area (Å²) in [5.74, 6) is 0.846.